The van der Waals surface area contributed by atoms with E-state index in [1.807, 2.05) is 43.3 Å². The Balaban J connectivity index is 2.16. The average molecular weight is 447 g/mol. The first-order valence-corrected chi connectivity index (χ1v) is 9.60. The van der Waals surface area contributed by atoms with Gasteiger partial charge in [-0.1, -0.05) is 28.1 Å². The van der Waals surface area contributed by atoms with Gasteiger partial charge in [0.15, 0.2) is 11.5 Å². The minimum absolute atomic E-state index is 0.109. The Labute approximate surface area is 173 Å². The maximum absolute atomic E-state index is 12.3. The highest BCUT2D eigenvalue weighted by Gasteiger charge is 2.40. The molecular weight excluding hydrogens is 424 g/mol. The standard InChI is InChI=1S/C21H23BrN2O4/c1-12-19(15-10-17(26-3)21(28-5)18(11-15)27-4)20(24(23-12)13(2)25)14-6-8-16(22)9-7-14/h6-11,19-20H,1-5H3. The fourth-order valence-corrected chi connectivity index (χ4v) is 3.89. The van der Waals surface area contributed by atoms with E-state index in [2.05, 4.69) is 21.0 Å². The van der Waals surface area contributed by atoms with Crippen LogP contribution in [-0.2, 0) is 4.79 Å². The molecule has 0 aromatic heterocycles. The van der Waals surface area contributed by atoms with Gasteiger partial charge in [0.25, 0.3) is 0 Å². The van der Waals surface area contributed by atoms with Crippen LogP contribution >= 0.6 is 15.9 Å². The highest BCUT2D eigenvalue weighted by atomic mass is 79.9. The van der Waals surface area contributed by atoms with Crippen molar-refractivity contribution in [1.29, 1.82) is 0 Å². The van der Waals surface area contributed by atoms with Gasteiger partial charge >= 0.3 is 0 Å². The Morgan fingerprint density at radius 2 is 1.57 bits per heavy atom. The molecule has 3 rings (SSSR count). The molecule has 6 nitrogen and oxygen atoms in total. The van der Waals surface area contributed by atoms with E-state index in [9.17, 15) is 4.79 Å². The number of carbonyl (C=O) groups excluding carboxylic acids is 1. The molecule has 0 spiro atoms. The van der Waals surface area contributed by atoms with E-state index in [0.717, 1.165) is 21.3 Å². The number of ether oxygens (including phenoxy) is 3. The lowest BCUT2D eigenvalue weighted by Gasteiger charge is -2.27. The Morgan fingerprint density at radius 1 is 1.00 bits per heavy atom. The first-order chi connectivity index (χ1) is 13.4. The van der Waals surface area contributed by atoms with Crippen LogP contribution in [0.3, 0.4) is 0 Å². The maximum Gasteiger partial charge on any atom is 0.240 e. The molecule has 28 heavy (non-hydrogen) atoms. The number of hydrogen-bond acceptors (Lipinski definition) is 5. The molecule has 0 bridgehead atoms. The largest absolute Gasteiger partial charge is 0.493 e. The molecule has 7 heteroatoms. The van der Waals surface area contributed by atoms with Gasteiger partial charge in [0.2, 0.25) is 11.7 Å². The van der Waals surface area contributed by atoms with E-state index < -0.39 is 0 Å². The molecular formula is C21H23BrN2O4. The summed E-state index contributed by atoms with van der Waals surface area (Å²) in [5, 5.41) is 6.10. The van der Waals surface area contributed by atoms with Gasteiger partial charge in [-0.2, -0.15) is 5.10 Å². The van der Waals surface area contributed by atoms with E-state index in [-0.39, 0.29) is 17.9 Å². The number of amides is 1. The zero-order chi connectivity index (χ0) is 20.4. The van der Waals surface area contributed by atoms with Crippen molar-refractivity contribution in [1.82, 2.24) is 5.01 Å². The zero-order valence-electron chi connectivity index (χ0n) is 16.5. The molecule has 0 N–H and O–H groups in total. The van der Waals surface area contributed by atoms with Gasteiger partial charge in [-0.05, 0) is 42.3 Å². The van der Waals surface area contributed by atoms with E-state index in [1.54, 1.807) is 26.3 Å². The van der Waals surface area contributed by atoms with Crippen LogP contribution in [0.25, 0.3) is 0 Å². The molecule has 2 aromatic rings. The lowest BCUT2D eigenvalue weighted by Crippen LogP contribution is -2.28. The molecule has 1 aliphatic heterocycles. The smallest absolute Gasteiger partial charge is 0.240 e. The third-order valence-corrected chi connectivity index (χ3v) is 5.40. The first-order valence-electron chi connectivity index (χ1n) is 8.81. The third-order valence-electron chi connectivity index (χ3n) is 4.88. The van der Waals surface area contributed by atoms with Crippen LogP contribution in [0.1, 0.15) is 36.9 Å². The minimum Gasteiger partial charge on any atom is -0.493 e. The predicted octanol–water partition coefficient (Wildman–Crippen LogP) is 4.54. The number of hydrogen-bond donors (Lipinski definition) is 0. The van der Waals surface area contributed by atoms with Crippen LogP contribution < -0.4 is 14.2 Å². The first kappa shape index (κ1) is 20.2. The second-order valence-electron chi connectivity index (χ2n) is 6.54. The van der Waals surface area contributed by atoms with E-state index in [1.165, 1.54) is 6.92 Å². The average Bonchev–Trinajstić information content (AvgIpc) is 3.04. The molecule has 1 amide bonds. The van der Waals surface area contributed by atoms with Crippen molar-refractivity contribution in [3.8, 4) is 17.2 Å². The lowest BCUT2D eigenvalue weighted by atomic mass is 9.84. The molecule has 0 aliphatic carbocycles. The summed E-state index contributed by atoms with van der Waals surface area (Å²) >= 11 is 3.47. The second kappa shape index (κ2) is 8.22. The van der Waals surface area contributed by atoms with Gasteiger partial charge in [0.1, 0.15) is 0 Å². The highest BCUT2D eigenvalue weighted by molar-refractivity contribution is 9.10. The summed E-state index contributed by atoms with van der Waals surface area (Å²) in [5.41, 5.74) is 2.78. The number of methoxy groups -OCH3 is 3. The molecule has 0 saturated carbocycles. The van der Waals surface area contributed by atoms with Gasteiger partial charge in [-0.25, -0.2) is 5.01 Å². The van der Waals surface area contributed by atoms with Crippen molar-refractivity contribution in [2.75, 3.05) is 21.3 Å². The number of carbonyl (C=O) groups is 1. The van der Waals surface area contributed by atoms with E-state index >= 15 is 0 Å². The summed E-state index contributed by atoms with van der Waals surface area (Å²) in [6, 6.07) is 11.5. The predicted molar refractivity (Wildman–Crippen MR) is 111 cm³/mol. The van der Waals surface area contributed by atoms with Crippen molar-refractivity contribution >= 4 is 27.5 Å². The molecule has 1 heterocycles. The number of rotatable bonds is 5. The van der Waals surface area contributed by atoms with Crippen LogP contribution in [0, 0.1) is 0 Å². The van der Waals surface area contributed by atoms with Gasteiger partial charge in [0.05, 0.1) is 33.3 Å². The molecule has 0 saturated heterocycles. The summed E-state index contributed by atoms with van der Waals surface area (Å²) in [4.78, 5) is 12.3. The summed E-state index contributed by atoms with van der Waals surface area (Å²) < 4.78 is 17.4. The highest BCUT2D eigenvalue weighted by Crippen LogP contribution is 2.47. The molecule has 2 aromatic carbocycles. The van der Waals surface area contributed by atoms with Gasteiger partial charge in [-0.15, -0.1) is 0 Å². The quantitative estimate of drug-likeness (QED) is 0.676. The number of halogens is 1. The number of benzene rings is 2. The molecule has 0 fully saturated rings. The molecule has 148 valence electrons. The van der Waals surface area contributed by atoms with E-state index in [0.29, 0.717) is 17.2 Å². The summed E-state index contributed by atoms with van der Waals surface area (Å²) in [7, 11) is 4.75. The topological polar surface area (TPSA) is 60.4 Å². The SMILES string of the molecule is COc1cc(C2C(C)=NN(C(C)=O)C2c2ccc(Br)cc2)cc(OC)c1OC. The van der Waals surface area contributed by atoms with Crippen molar-refractivity contribution < 1.29 is 19.0 Å². The van der Waals surface area contributed by atoms with Crippen molar-refractivity contribution in [3.63, 3.8) is 0 Å². The van der Waals surface area contributed by atoms with Crippen LogP contribution in [0.4, 0.5) is 0 Å². The lowest BCUT2D eigenvalue weighted by molar-refractivity contribution is -0.130. The van der Waals surface area contributed by atoms with Gasteiger partial charge < -0.3 is 14.2 Å². The Morgan fingerprint density at radius 3 is 2.04 bits per heavy atom. The Kier molecular flexibility index (Phi) is 5.93. The Bertz CT molecular complexity index is 886. The molecule has 0 radical (unpaired) electrons. The third kappa shape index (κ3) is 3.58. The normalized spacial score (nSPS) is 18.6. The molecule has 1 aliphatic rings. The minimum atomic E-state index is -0.256. The number of hydrazone groups is 1. The number of nitrogens with zero attached hydrogens (tertiary/aromatic N) is 2. The molecule has 2 atom stereocenters. The molecule has 2 unspecified atom stereocenters. The zero-order valence-corrected chi connectivity index (χ0v) is 18.1. The fourth-order valence-electron chi connectivity index (χ4n) is 3.63. The van der Waals surface area contributed by atoms with Gasteiger partial charge in [0, 0.05) is 17.1 Å². The summed E-state index contributed by atoms with van der Waals surface area (Å²) in [6.45, 7) is 3.46. The van der Waals surface area contributed by atoms with Crippen molar-refractivity contribution in [2.45, 2.75) is 25.8 Å². The van der Waals surface area contributed by atoms with Crippen LogP contribution in [0.2, 0.25) is 0 Å². The second-order valence-corrected chi connectivity index (χ2v) is 7.45. The maximum atomic E-state index is 12.3. The van der Waals surface area contributed by atoms with Crippen molar-refractivity contribution in [3.05, 3.63) is 52.0 Å². The van der Waals surface area contributed by atoms with Crippen LogP contribution in [0.15, 0.2) is 46.0 Å². The fraction of sp³-hybridized carbons (Fsp3) is 0.333. The van der Waals surface area contributed by atoms with Crippen LogP contribution in [0.5, 0.6) is 17.2 Å². The van der Waals surface area contributed by atoms with E-state index in [4.69, 9.17) is 14.2 Å². The van der Waals surface area contributed by atoms with Gasteiger partial charge in [-0.3, -0.25) is 4.79 Å². The monoisotopic (exact) mass is 446 g/mol. The van der Waals surface area contributed by atoms with Crippen molar-refractivity contribution in [2.24, 2.45) is 5.10 Å². The summed E-state index contributed by atoms with van der Waals surface area (Å²) in [5.74, 6) is 1.42. The summed E-state index contributed by atoms with van der Waals surface area (Å²) in [6.07, 6.45) is 0. The van der Waals surface area contributed by atoms with Crippen LogP contribution in [-0.4, -0.2) is 38.0 Å². The Hall–Kier alpha value is -2.54.